The standard InChI is InChI=1S/C14H22FNO3/c1-11(13-10-12(15)4-5-14(13)17)16-6-3-7-19-9-8-18-2/h4-5,10-11,16-17H,3,6-9H2,1-2H3. The predicted octanol–water partition coefficient (Wildman–Crippen LogP) is 2.24. The molecule has 0 aliphatic rings. The van der Waals surface area contributed by atoms with Gasteiger partial charge in [-0.1, -0.05) is 0 Å². The van der Waals surface area contributed by atoms with Crippen LogP contribution in [0.3, 0.4) is 0 Å². The predicted molar refractivity (Wildman–Crippen MR) is 71.8 cm³/mol. The molecule has 1 aromatic carbocycles. The maximum atomic E-state index is 13.1. The van der Waals surface area contributed by atoms with Crippen molar-refractivity contribution in [2.24, 2.45) is 0 Å². The average molecular weight is 271 g/mol. The van der Waals surface area contributed by atoms with Gasteiger partial charge in [-0.15, -0.1) is 0 Å². The van der Waals surface area contributed by atoms with Crippen LogP contribution in [0.4, 0.5) is 4.39 Å². The molecule has 4 nitrogen and oxygen atoms in total. The average Bonchev–Trinajstić information content (AvgIpc) is 2.40. The van der Waals surface area contributed by atoms with Gasteiger partial charge in [0.1, 0.15) is 11.6 Å². The number of hydrogen-bond donors (Lipinski definition) is 2. The Morgan fingerprint density at radius 3 is 2.84 bits per heavy atom. The van der Waals surface area contributed by atoms with E-state index in [4.69, 9.17) is 9.47 Å². The van der Waals surface area contributed by atoms with Crippen LogP contribution < -0.4 is 5.32 Å². The second-order valence-corrected chi connectivity index (χ2v) is 4.34. The molecule has 1 unspecified atom stereocenters. The normalized spacial score (nSPS) is 12.6. The Balaban J connectivity index is 2.23. The third-order valence-corrected chi connectivity index (χ3v) is 2.80. The van der Waals surface area contributed by atoms with E-state index in [2.05, 4.69) is 5.32 Å². The lowest BCUT2D eigenvalue weighted by Gasteiger charge is -2.15. The van der Waals surface area contributed by atoms with Crippen LogP contribution in [0.25, 0.3) is 0 Å². The summed E-state index contributed by atoms with van der Waals surface area (Å²) < 4.78 is 23.3. The number of nitrogens with one attached hydrogen (secondary N) is 1. The maximum Gasteiger partial charge on any atom is 0.123 e. The van der Waals surface area contributed by atoms with Crippen molar-refractivity contribution in [1.29, 1.82) is 0 Å². The van der Waals surface area contributed by atoms with Crippen LogP contribution in [0.15, 0.2) is 18.2 Å². The summed E-state index contributed by atoms with van der Waals surface area (Å²) >= 11 is 0. The number of hydrogen-bond acceptors (Lipinski definition) is 4. The molecule has 19 heavy (non-hydrogen) atoms. The first-order valence-corrected chi connectivity index (χ1v) is 6.43. The molecule has 0 saturated heterocycles. The number of ether oxygens (including phenoxy) is 2. The van der Waals surface area contributed by atoms with E-state index >= 15 is 0 Å². The Kier molecular flexibility index (Phi) is 7.40. The Hall–Kier alpha value is -1.17. The first kappa shape index (κ1) is 15.9. The zero-order valence-corrected chi connectivity index (χ0v) is 11.5. The number of rotatable bonds is 9. The van der Waals surface area contributed by atoms with E-state index in [9.17, 15) is 9.50 Å². The summed E-state index contributed by atoms with van der Waals surface area (Å²) in [4.78, 5) is 0. The topological polar surface area (TPSA) is 50.7 Å². The highest BCUT2D eigenvalue weighted by Gasteiger charge is 2.10. The highest BCUT2D eigenvalue weighted by Crippen LogP contribution is 2.24. The molecule has 0 aromatic heterocycles. The number of halogens is 1. The van der Waals surface area contributed by atoms with Crippen molar-refractivity contribution in [3.8, 4) is 5.75 Å². The van der Waals surface area contributed by atoms with E-state index in [1.165, 1.54) is 18.2 Å². The minimum atomic E-state index is -0.343. The van der Waals surface area contributed by atoms with E-state index in [-0.39, 0.29) is 17.6 Å². The van der Waals surface area contributed by atoms with Gasteiger partial charge in [-0.3, -0.25) is 0 Å². The van der Waals surface area contributed by atoms with Gasteiger partial charge in [0.05, 0.1) is 13.2 Å². The molecule has 0 heterocycles. The molecular weight excluding hydrogens is 249 g/mol. The van der Waals surface area contributed by atoms with Crippen molar-refractivity contribution in [3.05, 3.63) is 29.6 Å². The number of methoxy groups -OCH3 is 1. The summed E-state index contributed by atoms with van der Waals surface area (Å²) in [5.74, 6) is -0.234. The van der Waals surface area contributed by atoms with Crippen molar-refractivity contribution >= 4 is 0 Å². The fraction of sp³-hybridized carbons (Fsp3) is 0.571. The van der Waals surface area contributed by atoms with Gasteiger partial charge >= 0.3 is 0 Å². The van der Waals surface area contributed by atoms with Gasteiger partial charge in [0.25, 0.3) is 0 Å². The molecule has 0 aliphatic carbocycles. The van der Waals surface area contributed by atoms with Crippen LogP contribution in [0.2, 0.25) is 0 Å². The third-order valence-electron chi connectivity index (χ3n) is 2.80. The van der Waals surface area contributed by atoms with Crippen molar-refractivity contribution in [2.45, 2.75) is 19.4 Å². The van der Waals surface area contributed by atoms with Crippen molar-refractivity contribution in [3.63, 3.8) is 0 Å². The van der Waals surface area contributed by atoms with E-state index in [1.54, 1.807) is 7.11 Å². The fourth-order valence-electron chi connectivity index (χ4n) is 1.72. The van der Waals surface area contributed by atoms with Gasteiger partial charge in [0.15, 0.2) is 0 Å². The number of phenolic OH excluding ortho intramolecular Hbond substituents is 1. The van der Waals surface area contributed by atoms with Gasteiger partial charge < -0.3 is 19.9 Å². The quantitative estimate of drug-likeness (QED) is 0.676. The smallest absolute Gasteiger partial charge is 0.123 e. The molecule has 2 N–H and O–H groups in total. The SMILES string of the molecule is COCCOCCCNC(C)c1cc(F)ccc1O. The van der Waals surface area contributed by atoms with Gasteiger partial charge in [0, 0.05) is 25.3 Å². The summed E-state index contributed by atoms with van der Waals surface area (Å²) in [5.41, 5.74) is 0.570. The first-order valence-electron chi connectivity index (χ1n) is 6.43. The highest BCUT2D eigenvalue weighted by molar-refractivity contribution is 5.34. The number of aromatic hydroxyl groups is 1. The van der Waals surface area contributed by atoms with Crippen molar-refractivity contribution in [2.75, 3.05) is 33.5 Å². The number of benzene rings is 1. The second-order valence-electron chi connectivity index (χ2n) is 4.34. The zero-order valence-electron chi connectivity index (χ0n) is 11.5. The number of phenols is 1. The van der Waals surface area contributed by atoms with E-state index in [0.717, 1.165) is 13.0 Å². The summed E-state index contributed by atoms with van der Waals surface area (Å²) in [6.07, 6.45) is 0.851. The Morgan fingerprint density at radius 1 is 1.32 bits per heavy atom. The minimum Gasteiger partial charge on any atom is -0.508 e. The molecule has 108 valence electrons. The van der Waals surface area contributed by atoms with Gasteiger partial charge in [-0.25, -0.2) is 4.39 Å². The van der Waals surface area contributed by atoms with Crippen LogP contribution in [0, 0.1) is 5.82 Å². The summed E-state index contributed by atoms with van der Waals surface area (Å²) in [7, 11) is 1.64. The van der Waals surface area contributed by atoms with Gasteiger partial charge in [-0.2, -0.15) is 0 Å². The summed E-state index contributed by atoms with van der Waals surface area (Å²) in [6.45, 7) is 4.47. The molecule has 0 bridgehead atoms. The Labute approximate surface area is 113 Å². The molecule has 0 fully saturated rings. The monoisotopic (exact) mass is 271 g/mol. The fourth-order valence-corrected chi connectivity index (χ4v) is 1.72. The van der Waals surface area contributed by atoms with Crippen molar-refractivity contribution < 1.29 is 19.0 Å². The molecular formula is C14H22FNO3. The largest absolute Gasteiger partial charge is 0.508 e. The molecule has 0 saturated carbocycles. The van der Waals surface area contributed by atoms with Gasteiger partial charge in [-0.05, 0) is 38.1 Å². The molecule has 5 heteroatoms. The molecule has 1 aromatic rings. The first-order chi connectivity index (χ1) is 9.15. The molecule has 0 radical (unpaired) electrons. The van der Waals surface area contributed by atoms with Crippen LogP contribution in [-0.4, -0.2) is 38.6 Å². The highest BCUT2D eigenvalue weighted by atomic mass is 19.1. The van der Waals surface area contributed by atoms with Gasteiger partial charge in [0.2, 0.25) is 0 Å². The lowest BCUT2D eigenvalue weighted by Crippen LogP contribution is -2.21. The van der Waals surface area contributed by atoms with E-state index in [1.807, 2.05) is 6.92 Å². The third kappa shape index (κ3) is 6.00. The molecule has 0 spiro atoms. The second kappa shape index (κ2) is 8.85. The summed E-state index contributed by atoms with van der Waals surface area (Å²) in [6, 6.07) is 3.86. The van der Waals surface area contributed by atoms with E-state index < -0.39 is 0 Å². The summed E-state index contributed by atoms with van der Waals surface area (Å²) in [5, 5.41) is 12.9. The zero-order chi connectivity index (χ0) is 14.1. The lowest BCUT2D eigenvalue weighted by atomic mass is 10.1. The Morgan fingerprint density at radius 2 is 2.11 bits per heavy atom. The van der Waals surface area contributed by atoms with Crippen LogP contribution in [0.5, 0.6) is 5.75 Å². The molecule has 0 aliphatic heterocycles. The molecule has 0 amide bonds. The lowest BCUT2D eigenvalue weighted by molar-refractivity contribution is 0.0693. The van der Waals surface area contributed by atoms with Crippen LogP contribution >= 0.6 is 0 Å². The molecule has 1 atom stereocenters. The van der Waals surface area contributed by atoms with Crippen LogP contribution in [0.1, 0.15) is 24.9 Å². The minimum absolute atomic E-state index is 0.102. The van der Waals surface area contributed by atoms with E-state index in [0.29, 0.717) is 25.4 Å². The van der Waals surface area contributed by atoms with Crippen LogP contribution in [-0.2, 0) is 9.47 Å². The maximum absolute atomic E-state index is 13.1. The molecule has 1 rings (SSSR count). The van der Waals surface area contributed by atoms with Crippen molar-refractivity contribution in [1.82, 2.24) is 5.32 Å². The Bertz CT molecular complexity index is 374.